The van der Waals surface area contributed by atoms with Gasteiger partial charge in [0.1, 0.15) is 5.76 Å². The van der Waals surface area contributed by atoms with E-state index >= 15 is 0 Å². The van der Waals surface area contributed by atoms with Gasteiger partial charge >= 0.3 is 0 Å². The molecule has 0 saturated heterocycles. The third-order valence-electron chi connectivity index (χ3n) is 4.18. The van der Waals surface area contributed by atoms with E-state index in [1.165, 1.54) is 31.2 Å². The van der Waals surface area contributed by atoms with E-state index in [0.29, 0.717) is 0 Å². The van der Waals surface area contributed by atoms with E-state index in [1.807, 2.05) is 13.8 Å². The molecule has 3 heteroatoms. The Morgan fingerprint density at radius 2 is 2.06 bits per heavy atom. The standard InChI is InChI=1S/C14H24N2O/c1-10-6-4-5-7-13(10)8-15-9-14-11(2)16-17-12(14)3/h10,13,15H,4-9H2,1-3H3. The second kappa shape index (κ2) is 5.67. The first-order valence-electron chi connectivity index (χ1n) is 6.81. The van der Waals surface area contributed by atoms with E-state index < -0.39 is 0 Å². The van der Waals surface area contributed by atoms with Gasteiger partial charge in [0.15, 0.2) is 0 Å². The van der Waals surface area contributed by atoms with Crippen LogP contribution in [0.4, 0.5) is 0 Å². The van der Waals surface area contributed by atoms with Gasteiger partial charge in [0, 0.05) is 12.1 Å². The first-order valence-corrected chi connectivity index (χ1v) is 6.81. The van der Waals surface area contributed by atoms with Crippen LogP contribution in [0.25, 0.3) is 0 Å². The van der Waals surface area contributed by atoms with Crippen LogP contribution >= 0.6 is 0 Å². The first-order chi connectivity index (χ1) is 8.18. The van der Waals surface area contributed by atoms with Crippen LogP contribution in [0.5, 0.6) is 0 Å². The molecule has 1 saturated carbocycles. The average Bonchev–Trinajstić information content (AvgIpc) is 2.63. The lowest BCUT2D eigenvalue weighted by molar-refractivity contribution is 0.247. The molecule has 1 aliphatic rings. The summed E-state index contributed by atoms with van der Waals surface area (Å²) in [6, 6.07) is 0. The Morgan fingerprint density at radius 3 is 2.71 bits per heavy atom. The molecular formula is C14H24N2O. The molecule has 0 radical (unpaired) electrons. The van der Waals surface area contributed by atoms with Crippen molar-refractivity contribution in [2.75, 3.05) is 6.54 Å². The molecule has 1 aromatic rings. The van der Waals surface area contributed by atoms with Crippen molar-refractivity contribution in [3.8, 4) is 0 Å². The Hall–Kier alpha value is -0.830. The smallest absolute Gasteiger partial charge is 0.138 e. The van der Waals surface area contributed by atoms with Crippen LogP contribution in [0.15, 0.2) is 4.52 Å². The summed E-state index contributed by atoms with van der Waals surface area (Å²) in [7, 11) is 0. The van der Waals surface area contributed by atoms with Crippen LogP contribution < -0.4 is 5.32 Å². The highest BCUT2D eigenvalue weighted by Gasteiger charge is 2.20. The predicted octanol–water partition coefficient (Wildman–Crippen LogP) is 3.21. The van der Waals surface area contributed by atoms with Crippen molar-refractivity contribution in [2.45, 2.75) is 53.0 Å². The lowest BCUT2D eigenvalue weighted by Gasteiger charge is -2.28. The average molecular weight is 236 g/mol. The van der Waals surface area contributed by atoms with E-state index in [4.69, 9.17) is 4.52 Å². The molecule has 0 aliphatic heterocycles. The number of aryl methyl sites for hydroxylation is 2. The quantitative estimate of drug-likeness (QED) is 0.872. The second-order valence-electron chi connectivity index (χ2n) is 5.46. The van der Waals surface area contributed by atoms with E-state index in [2.05, 4.69) is 17.4 Å². The number of rotatable bonds is 4. The Labute approximate surface area is 104 Å². The summed E-state index contributed by atoms with van der Waals surface area (Å²) in [6.45, 7) is 8.41. The van der Waals surface area contributed by atoms with Gasteiger partial charge in [-0.1, -0.05) is 31.3 Å². The molecule has 2 atom stereocenters. The lowest BCUT2D eigenvalue weighted by Crippen LogP contribution is -2.29. The minimum Gasteiger partial charge on any atom is -0.361 e. The molecule has 17 heavy (non-hydrogen) atoms. The highest BCUT2D eigenvalue weighted by atomic mass is 16.5. The zero-order valence-corrected chi connectivity index (χ0v) is 11.3. The molecule has 0 spiro atoms. The van der Waals surface area contributed by atoms with Crippen LogP contribution in [0.2, 0.25) is 0 Å². The maximum Gasteiger partial charge on any atom is 0.138 e. The van der Waals surface area contributed by atoms with Crippen LogP contribution in [0, 0.1) is 25.7 Å². The van der Waals surface area contributed by atoms with Crippen molar-refractivity contribution >= 4 is 0 Å². The zero-order valence-electron chi connectivity index (χ0n) is 11.3. The van der Waals surface area contributed by atoms with E-state index in [-0.39, 0.29) is 0 Å². The van der Waals surface area contributed by atoms with E-state index in [9.17, 15) is 0 Å². The molecule has 1 aromatic heterocycles. The van der Waals surface area contributed by atoms with Gasteiger partial charge < -0.3 is 9.84 Å². The van der Waals surface area contributed by atoms with Crippen molar-refractivity contribution in [3.63, 3.8) is 0 Å². The maximum absolute atomic E-state index is 5.17. The van der Waals surface area contributed by atoms with Gasteiger partial charge in [0.05, 0.1) is 5.69 Å². The zero-order chi connectivity index (χ0) is 12.3. The van der Waals surface area contributed by atoms with Crippen molar-refractivity contribution in [3.05, 3.63) is 17.0 Å². The summed E-state index contributed by atoms with van der Waals surface area (Å²) < 4.78 is 5.17. The summed E-state index contributed by atoms with van der Waals surface area (Å²) in [6.07, 6.45) is 5.61. The Morgan fingerprint density at radius 1 is 1.29 bits per heavy atom. The third-order valence-corrected chi connectivity index (χ3v) is 4.18. The molecule has 2 rings (SSSR count). The maximum atomic E-state index is 5.17. The molecular weight excluding hydrogens is 212 g/mol. The number of hydrogen-bond acceptors (Lipinski definition) is 3. The second-order valence-corrected chi connectivity index (χ2v) is 5.46. The minimum absolute atomic E-state index is 0.851. The van der Waals surface area contributed by atoms with Gasteiger partial charge in [-0.2, -0.15) is 0 Å². The molecule has 0 bridgehead atoms. The molecule has 1 heterocycles. The summed E-state index contributed by atoms with van der Waals surface area (Å²) in [5.41, 5.74) is 2.25. The minimum atomic E-state index is 0.851. The largest absolute Gasteiger partial charge is 0.361 e. The fourth-order valence-corrected chi connectivity index (χ4v) is 2.83. The van der Waals surface area contributed by atoms with Crippen molar-refractivity contribution < 1.29 is 4.52 Å². The molecule has 3 nitrogen and oxygen atoms in total. The molecule has 1 aliphatic carbocycles. The molecule has 2 unspecified atom stereocenters. The van der Waals surface area contributed by atoms with Crippen LogP contribution in [-0.2, 0) is 6.54 Å². The topological polar surface area (TPSA) is 38.1 Å². The van der Waals surface area contributed by atoms with Gasteiger partial charge in [-0.15, -0.1) is 0 Å². The Kier molecular flexibility index (Phi) is 4.21. The van der Waals surface area contributed by atoms with Crippen LogP contribution in [-0.4, -0.2) is 11.7 Å². The van der Waals surface area contributed by atoms with Crippen molar-refractivity contribution in [1.29, 1.82) is 0 Å². The fourth-order valence-electron chi connectivity index (χ4n) is 2.83. The summed E-state index contributed by atoms with van der Waals surface area (Å²) in [4.78, 5) is 0. The van der Waals surface area contributed by atoms with Crippen LogP contribution in [0.3, 0.4) is 0 Å². The Bertz CT molecular complexity index is 340. The normalized spacial score (nSPS) is 25.1. The van der Waals surface area contributed by atoms with Gasteiger partial charge in [-0.3, -0.25) is 0 Å². The van der Waals surface area contributed by atoms with Crippen molar-refractivity contribution in [1.82, 2.24) is 10.5 Å². The van der Waals surface area contributed by atoms with Gasteiger partial charge in [-0.05, 0) is 38.6 Å². The van der Waals surface area contributed by atoms with Crippen molar-refractivity contribution in [2.24, 2.45) is 11.8 Å². The van der Waals surface area contributed by atoms with E-state index in [0.717, 1.165) is 36.4 Å². The van der Waals surface area contributed by atoms with Gasteiger partial charge in [0.2, 0.25) is 0 Å². The molecule has 1 fully saturated rings. The lowest BCUT2D eigenvalue weighted by atomic mass is 9.80. The van der Waals surface area contributed by atoms with Crippen LogP contribution in [0.1, 0.15) is 49.6 Å². The number of aromatic nitrogens is 1. The third kappa shape index (κ3) is 3.09. The predicted molar refractivity (Wildman–Crippen MR) is 68.8 cm³/mol. The first kappa shape index (κ1) is 12.6. The monoisotopic (exact) mass is 236 g/mol. The SMILES string of the molecule is Cc1noc(C)c1CNCC1CCCCC1C. The summed E-state index contributed by atoms with van der Waals surface area (Å²) in [5.74, 6) is 2.68. The van der Waals surface area contributed by atoms with E-state index in [1.54, 1.807) is 0 Å². The van der Waals surface area contributed by atoms with Gasteiger partial charge in [0.25, 0.3) is 0 Å². The molecule has 0 amide bonds. The summed E-state index contributed by atoms with van der Waals surface area (Å²) in [5, 5.41) is 7.55. The number of nitrogens with zero attached hydrogens (tertiary/aromatic N) is 1. The molecule has 0 aromatic carbocycles. The van der Waals surface area contributed by atoms with Gasteiger partial charge in [-0.25, -0.2) is 0 Å². The Balaban J connectivity index is 1.79. The fraction of sp³-hybridized carbons (Fsp3) is 0.786. The molecule has 96 valence electrons. The molecule has 1 N–H and O–H groups in total. The number of hydrogen-bond donors (Lipinski definition) is 1. The summed E-state index contributed by atoms with van der Waals surface area (Å²) >= 11 is 0. The number of nitrogens with one attached hydrogen (secondary N) is 1. The highest BCUT2D eigenvalue weighted by molar-refractivity contribution is 5.20. The highest BCUT2D eigenvalue weighted by Crippen LogP contribution is 2.28.